The molecule has 1 aliphatic carbocycles. The molecule has 0 aromatic heterocycles. The number of carbonyl (C=O) groups excluding carboxylic acids is 1. The van der Waals surface area contributed by atoms with Gasteiger partial charge in [0, 0.05) is 6.42 Å². The Morgan fingerprint density at radius 3 is 2.43 bits per heavy atom. The molecule has 1 atom stereocenters. The molecule has 122 valence electrons. The molecule has 1 aliphatic rings. The molecule has 23 heavy (non-hydrogen) atoms. The summed E-state index contributed by atoms with van der Waals surface area (Å²) >= 11 is 0. The number of hydrogen-bond acceptors (Lipinski definition) is 4. The van der Waals surface area contributed by atoms with Crippen LogP contribution in [-0.4, -0.2) is 26.9 Å². The van der Waals surface area contributed by atoms with Crippen LogP contribution in [0.25, 0.3) is 0 Å². The molecule has 1 aromatic rings. The van der Waals surface area contributed by atoms with Crippen LogP contribution in [0.5, 0.6) is 0 Å². The quantitative estimate of drug-likeness (QED) is 0.577. The third-order valence-electron chi connectivity index (χ3n) is 3.90. The van der Waals surface area contributed by atoms with Crippen molar-refractivity contribution in [2.24, 2.45) is 5.92 Å². The number of allylic oxidation sites excluding steroid dienone is 4. The molecule has 0 heterocycles. The van der Waals surface area contributed by atoms with E-state index in [1.165, 1.54) is 12.2 Å². The zero-order chi connectivity index (χ0) is 17.0. The van der Waals surface area contributed by atoms with Gasteiger partial charge in [0.15, 0.2) is 5.78 Å². The van der Waals surface area contributed by atoms with Crippen molar-refractivity contribution in [3.8, 4) is 0 Å². The highest BCUT2D eigenvalue weighted by Crippen LogP contribution is 2.35. The van der Waals surface area contributed by atoms with E-state index in [1.807, 2.05) is 38.1 Å². The SMILES string of the molecule is CC(C)=CCC1=CC=C(O)C(C(=O)Cc2ccccc2)C1(O)O. The number of hydrogen-bond donors (Lipinski definition) is 3. The number of aliphatic hydroxyl groups is 3. The molecular formula is C19H22O4. The topological polar surface area (TPSA) is 77.8 Å². The average Bonchev–Trinajstić information content (AvgIpc) is 2.46. The van der Waals surface area contributed by atoms with Gasteiger partial charge in [-0.05, 0) is 37.5 Å². The molecule has 0 bridgehead atoms. The van der Waals surface area contributed by atoms with Gasteiger partial charge in [0.05, 0.1) is 0 Å². The number of rotatable bonds is 5. The average molecular weight is 314 g/mol. The summed E-state index contributed by atoms with van der Waals surface area (Å²) in [4.78, 5) is 12.5. The van der Waals surface area contributed by atoms with Gasteiger partial charge in [-0.2, -0.15) is 0 Å². The second kappa shape index (κ2) is 6.94. The molecule has 3 N–H and O–H groups in total. The van der Waals surface area contributed by atoms with Crippen LogP contribution < -0.4 is 0 Å². The summed E-state index contributed by atoms with van der Waals surface area (Å²) in [6, 6.07) is 9.04. The van der Waals surface area contributed by atoms with Crippen LogP contribution in [0.4, 0.5) is 0 Å². The fraction of sp³-hybridized carbons (Fsp3) is 0.316. The maximum atomic E-state index is 12.5. The lowest BCUT2D eigenvalue weighted by Crippen LogP contribution is -2.47. The molecule has 1 aromatic carbocycles. The van der Waals surface area contributed by atoms with Crippen molar-refractivity contribution in [1.29, 1.82) is 0 Å². The van der Waals surface area contributed by atoms with Crippen molar-refractivity contribution in [3.05, 3.63) is 71.0 Å². The third-order valence-corrected chi connectivity index (χ3v) is 3.90. The standard InChI is InChI=1S/C19H22O4/c1-13(2)8-9-15-10-11-16(20)18(19(15,22)23)17(21)12-14-6-4-3-5-7-14/h3-8,10-11,18,20,22-23H,9,12H2,1-2H3. The van der Waals surface area contributed by atoms with E-state index in [1.54, 1.807) is 12.1 Å². The molecule has 4 nitrogen and oxygen atoms in total. The van der Waals surface area contributed by atoms with Crippen molar-refractivity contribution in [1.82, 2.24) is 0 Å². The predicted octanol–water partition coefficient (Wildman–Crippen LogP) is 2.83. The molecular weight excluding hydrogens is 292 g/mol. The largest absolute Gasteiger partial charge is 0.511 e. The fourth-order valence-electron chi connectivity index (χ4n) is 2.62. The van der Waals surface area contributed by atoms with Crippen LogP contribution >= 0.6 is 0 Å². The van der Waals surface area contributed by atoms with E-state index in [9.17, 15) is 20.1 Å². The first-order chi connectivity index (χ1) is 10.8. The lowest BCUT2D eigenvalue weighted by molar-refractivity contribution is -0.176. The van der Waals surface area contributed by atoms with E-state index in [2.05, 4.69) is 0 Å². The van der Waals surface area contributed by atoms with Crippen molar-refractivity contribution in [2.45, 2.75) is 32.5 Å². The van der Waals surface area contributed by atoms with Crippen LogP contribution in [0.15, 0.2) is 65.5 Å². The van der Waals surface area contributed by atoms with Crippen LogP contribution in [0.3, 0.4) is 0 Å². The summed E-state index contributed by atoms with van der Waals surface area (Å²) in [6.45, 7) is 3.82. The van der Waals surface area contributed by atoms with E-state index < -0.39 is 17.5 Å². The van der Waals surface area contributed by atoms with Gasteiger partial charge in [-0.1, -0.05) is 48.1 Å². The maximum Gasteiger partial charge on any atom is 0.203 e. The molecule has 0 saturated heterocycles. The maximum absolute atomic E-state index is 12.5. The van der Waals surface area contributed by atoms with Crippen molar-refractivity contribution in [3.63, 3.8) is 0 Å². The zero-order valence-corrected chi connectivity index (χ0v) is 13.4. The van der Waals surface area contributed by atoms with Gasteiger partial charge in [0.25, 0.3) is 0 Å². The Hall–Kier alpha value is -2.17. The van der Waals surface area contributed by atoms with Gasteiger partial charge in [-0.3, -0.25) is 4.79 Å². The van der Waals surface area contributed by atoms with Gasteiger partial charge in [-0.15, -0.1) is 0 Å². The monoisotopic (exact) mass is 314 g/mol. The minimum absolute atomic E-state index is 0.0300. The highest BCUT2D eigenvalue weighted by molar-refractivity contribution is 5.87. The number of carbonyl (C=O) groups is 1. The lowest BCUT2D eigenvalue weighted by atomic mass is 9.80. The Morgan fingerprint density at radius 2 is 1.83 bits per heavy atom. The molecule has 0 fully saturated rings. The molecule has 4 heteroatoms. The van der Waals surface area contributed by atoms with Crippen molar-refractivity contribution in [2.75, 3.05) is 0 Å². The summed E-state index contributed by atoms with van der Waals surface area (Å²) in [5.74, 6) is -4.50. The van der Waals surface area contributed by atoms with Crippen LogP contribution in [0, 0.1) is 5.92 Å². The Kier molecular flexibility index (Phi) is 5.19. The fourth-order valence-corrected chi connectivity index (χ4v) is 2.62. The first-order valence-corrected chi connectivity index (χ1v) is 7.57. The molecule has 0 aliphatic heterocycles. The molecule has 2 rings (SSSR count). The molecule has 0 saturated carbocycles. The van der Waals surface area contributed by atoms with E-state index >= 15 is 0 Å². The summed E-state index contributed by atoms with van der Waals surface area (Å²) in [5.41, 5.74) is 2.09. The summed E-state index contributed by atoms with van der Waals surface area (Å²) < 4.78 is 0. The van der Waals surface area contributed by atoms with Crippen LogP contribution in [-0.2, 0) is 11.2 Å². The van der Waals surface area contributed by atoms with E-state index in [-0.39, 0.29) is 12.2 Å². The van der Waals surface area contributed by atoms with Crippen LogP contribution in [0.2, 0.25) is 0 Å². The smallest absolute Gasteiger partial charge is 0.203 e. The first-order valence-electron chi connectivity index (χ1n) is 7.57. The third kappa shape index (κ3) is 3.97. The van der Waals surface area contributed by atoms with Gasteiger partial charge in [0.2, 0.25) is 5.79 Å². The van der Waals surface area contributed by atoms with E-state index in [4.69, 9.17) is 0 Å². The Balaban J connectivity index is 2.24. The van der Waals surface area contributed by atoms with Crippen molar-refractivity contribution >= 4 is 5.78 Å². The Morgan fingerprint density at radius 1 is 1.17 bits per heavy atom. The Labute approximate surface area is 136 Å². The number of benzene rings is 1. The summed E-state index contributed by atoms with van der Waals surface area (Å²) in [5, 5.41) is 30.9. The highest BCUT2D eigenvalue weighted by Gasteiger charge is 2.46. The first kappa shape index (κ1) is 17.2. The number of ketones is 1. The lowest BCUT2D eigenvalue weighted by Gasteiger charge is -2.34. The van der Waals surface area contributed by atoms with Gasteiger partial charge >= 0.3 is 0 Å². The molecule has 0 spiro atoms. The van der Waals surface area contributed by atoms with Gasteiger partial charge in [0.1, 0.15) is 11.7 Å². The van der Waals surface area contributed by atoms with Gasteiger partial charge < -0.3 is 15.3 Å². The van der Waals surface area contributed by atoms with Gasteiger partial charge in [-0.25, -0.2) is 0 Å². The molecule has 1 unspecified atom stereocenters. The van der Waals surface area contributed by atoms with E-state index in [0.29, 0.717) is 12.0 Å². The summed E-state index contributed by atoms with van der Waals surface area (Å²) in [6.07, 6.45) is 5.02. The number of Topliss-reactive ketones (excluding diaryl/α,β-unsaturated/α-hetero) is 1. The predicted molar refractivity (Wildman–Crippen MR) is 88.7 cm³/mol. The molecule has 0 amide bonds. The normalized spacial score (nSPS) is 19.6. The van der Waals surface area contributed by atoms with Crippen LogP contribution in [0.1, 0.15) is 25.8 Å². The number of aliphatic hydroxyl groups excluding tert-OH is 1. The minimum Gasteiger partial charge on any atom is -0.511 e. The second-order valence-corrected chi connectivity index (χ2v) is 6.06. The molecule has 0 radical (unpaired) electrons. The zero-order valence-electron chi connectivity index (χ0n) is 13.4. The highest BCUT2D eigenvalue weighted by atomic mass is 16.5. The van der Waals surface area contributed by atoms with E-state index in [0.717, 1.165) is 11.1 Å². The Bertz CT molecular complexity index is 662. The summed E-state index contributed by atoms with van der Waals surface area (Å²) in [7, 11) is 0. The van der Waals surface area contributed by atoms with Crippen molar-refractivity contribution < 1.29 is 20.1 Å². The second-order valence-electron chi connectivity index (χ2n) is 6.06. The minimum atomic E-state index is -2.38.